The first kappa shape index (κ1) is 22.1. The van der Waals surface area contributed by atoms with Crippen molar-refractivity contribution in [2.45, 2.75) is 26.4 Å². The van der Waals surface area contributed by atoms with Crippen LogP contribution >= 0.6 is 0 Å². The fourth-order valence-corrected chi connectivity index (χ4v) is 3.43. The Labute approximate surface area is 193 Å². The van der Waals surface area contributed by atoms with E-state index >= 15 is 0 Å². The van der Waals surface area contributed by atoms with Gasteiger partial charge in [0.05, 0.1) is 18.8 Å². The van der Waals surface area contributed by atoms with Crippen molar-refractivity contribution in [2.24, 2.45) is 4.99 Å². The fourth-order valence-electron chi connectivity index (χ4n) is 3.43. The van der Waals surface area contributed by atoms with Crippen molar-refractivity contribution in [3.63, 3.8) is 0 Å². The third-order valence-corrected chi connectivity index (χ3v) is 5.22. The van der Waals surface area contributed by atoms with Crippen LogP contribution in [0.3, 0.4) is 0 Å². The lowest BCUT2D eigenvalue weighted by Gasteiger charge is -2.16. The molecule has 0 aliphatic carbocycles. The summed E-state index contributed by atoms with van der Waals surface area (Å²) in [4.78, 5) is 12.9. The van der Waals surface area contributed by atoms with Crippen LogP contribution in [0.5, 0.6) is 17.4 Å². The number of aromatic nitrogens is 2. The van der Waals surface area contributed by atoms with Gasteiger partial charge in [-0.25, -0.2) is 9.97 Å². The standard InChI is InChI=1S/C26H27N5O2/c1-17-12-21(16-28-17)31-25-13-22(10-11-27-25)33-24-7-5-6-23(18(24)2)19(3)29-14-20-8-9-26(32-4)30-15-20/h5-13,15-17,29H,3,14H2,1-2,4H3,(H,27,31). The molecule has 0 fully saturated rings. The highest BCUT2D eigenvalue weighted by atomic mass is 16.5. The van der Waals surface area contributed by atoms with Gasteiger partial charge in [0.25, 0.3) is 0 Å². The van der Waals surface area contributed by atoms with Gasteiger partial charge >= 0.3 is 0 Å². The fraction of sp³-hybridized carbons (Fsp3) is 0.192. The number of benzene rings is 1. The lowest BCUT2D eigenvalue weighted by Crippen LogP contribution is -2.12. The predicted molar refractivity (Wildman–Crippen MR) is 132 cm³/mol. The Balaban J connectivity index is 1.43. The maximum Gasteiger partial charge on any atom is 0.212 e. The van der Waals surface area contributed by atoms with Crippen LogP contribution in [0, 0.1) is 6.92 Å². The molecule has 2 aromatic heterocycles. The quantitative estimate of drug-likeness (QED) is 0.480. The molecular weight excluding hydrogens is 414 g/mol. The number of rotatable bonds is 9. The summed E-state index contributed by atoms with van der Waals surface area (Å²) in [5.41, 5.74) is 4.76. The van der Waals surface area contributed by atoms with E-state index in [0.717, 1.165) is 33.8 Å². The van der Waals surface area contributed by atoms with Gasteiger partial charge in [0.15, 0.2) is 0 Å². The van der Waals surface area contributed by atoms with Gasteiger partial charge in [0.1, 0.15) is 17.3 Å². The molecule has 0 saturated carbocycles. The van der Waals surface area contributed by atoms with Crippen molar-refractivity contribution in [2.75, 3.05) is 12.4 Å². The normalized spacial score (nSPS) is 14.5. The molecule has 1 atom stereocenters. The van der Waals surface area contributed by atoms with Crippen molar-refractivity contribution in [1.82, 2.24) is 15.3 Å². The van der Waals surface area contributed by atoms with Crippen LogP contribution in [0.2, 0.25) is 0 Å². The van der Waals surface area contributed by atoms with Crippen molar-refractivity contribution >= 4 is 17.7 Å². The van der Waals surface area contributed by atoms with Crippen LogP contribution in [0.1, 0.15) is 23.6 Å². The third-order valence-electron chi connectivity index (χ3n) is 5.22. The first-order chi connectivity index (χ1) is 16.0. The number of aliphatic imine (C=N–C) groups is 1. The Hall–Kier alpha value is -4.13. The van der Waals surface area contributed by atoms with Crippen molar-refractivity contribution in [1.29, 1.82) is 0 Å². The molecular formula is C26H27N5O2. The minimum Gasteiger partial charge on any atom is -0.481 e. The minimum atomic E-state index is 0.181. The average Bonchev–Trinajstić information content (AvgIpc) is 3.23. The molecule has 0 radical (unpaired) electrons. The smallest absolute Gasteiger partial charge is 0.212 e. The van der Waals surface area contributed by atoms with E-state index in [1.54, 1.807) is 19.5 Å². The van der Waals surface area contributed by atoms with E-state index in [-0.39, 0.29) is 6.04 Å². The van der Waals surface area contributed by atoms with E-state index in [1.807, 2.05) is 68.6 Å². The summed E-state index contributed by atoms with van der Waals surface area (Å²) in [6.45, 7) is 8.87. The zero-order chi connectivity index (χ0) is 23.2. The highest BCUT2D eigenvalue weighted by Gasteiger charge is 2.11. The van der Waals surface area contributed by atoms with Gasteiger partial charge in [-0.1, -0.05) is 24.8 Å². The Morgan fingerprint density at radius 3 is 2.76 bits per heavy atom. The Morgan fingerprint density at radius 2 is 2.03 bits per heavy atom. The zero-order valence-electron chi connectivity index (χ0n) is 19.0. The van der Waals surface area contributed by atoms with E-state index < -0.39 is 0 Å². The number of hydrogen-bond donors (Lipinski definition) is 2. The SMILES string of the molecule is C=C(NCc1ccc(OC)nc1)c1cccc(Oc2ccnc(NC3=CC(C)N=C3)c2)c1C. The first-order valence-electron chi connectivity index (χ1n) is 10.7. The van der Waals surface area contributed by atoms with Gasteiger partial charge in [-0.3, -0.25) is 4.99 Å². The molecule has 7 nitrogen and oxygen atoms in total. The number of anilines is 1. The molecule has 0 saturated heterocycles. The summed E-state index contributed by atoms with van der Waals surface area (Å²) in [6.07, 6.45) is 7.36. The van der Waals surface area contributed by atoms with Crippen LogP contribution in [0.15, 0.2) is 78.2 Å². The number of methoxy groups -OCH3 is 1. The molecule has 168 valence electrons. The molecule has 2 N–H and O–H groups in total. The van der Waals surface area contributed by atoms with E-state index in [9.17, 15) is 0 Å². The number of ether oxygens (including phenoxy) is 2. The zero-order valence-corrected chi connectivity index (χ0v) is 19.0. The average molecular weight is 442 g/mol. The second-order valence-corrected chi connectivity index (χ2v) is 7.71. The van der Waals surface area contributed by atoms with E-state index in [1.165, 1.54) is 0 Å². The molecule has 4 rings (SSSR count). The Bertz CT molecular complexity index is 1200. The van der Waals surface area contributed by atoms with Crippen molar-refractivity contribution in [3.05, 3.63) is 89.9 Å². The number of hydrogen-bond acceptors (Lipinski definition) is 7. The lowest BCUT2D eigenvalue weighted by molar-refractivity contribution is 0.397. The number of nitrogens with one attached hydrogen (secondary N) is 2. The summed E-state index contributed by atoms with van der Waals surface area (Å²) in [7, 11) is 1.60. The van der Waals surface area contributed by atoms with Gasteiger partial charge in [0.2, 0.25) is 5.88 Å². The Morgan fingerprint density at radius 1 is 1.15 bits per heavy atom. The van der Waals surface area contributed by atoms with Crippen LogP contribution in [-0.4, -0.2) is 29.3 Å². The van der Waals surface area contributed by atoms with Crippen molar-refractivity contribution in [3.8, 4) is 17.4 Å². The minimum absolute atomic E-state index is 0.181. The summed E-state index contributed by atoms with van der Waals surface area (Å²) in [6, 6.07) is 13.6. The predicted octanol–water partition coefficient (Wildman–Crippen LogP) is 5.12. The van der Waals surface area contributed by atoms with Crippen LogP contribution in [0.25, 0.3) is 5.70 Å². The van der Waals surface area contributed by atoms with Crippen LogP contribution in [0.4, 0.5) is 5.82 Å². The van der Waals surface area contributed by atoms with Gasteiger partial charge in [-0.05, 0) is 37.6 Å². The molecule has 7 heteroatoms. The second kappa shape index (κ2) is 9.99. The molecule has 33 heavy (non-hydrogen) atoms. The topological polar surface area (TPSA) is 80.7 Å². The number of pyridine rings is 2. The van der Waals surface area contributed by atoms with Gasteiger partial charge in [-0.2, -0.15) is 0 Å². The Kier molecular flexibility index (Phi) is 6.69. The first-order valence-corrected chi connectivity index (χ1v) is 10.7. The van der Waals surface area contributed by atoms with Crippen molar-refractivity contribution < 1.29 is 9.47 Å². The number of allylic oxidation sites excluding steroid dienone is 1. The summed E-state index contributed by atoms with van der Waals surface area (Å²) in [5, 5.41) is 6.63. The lowest BCUT2D eigenvalue weighted by atomic mass is 10.1. The molecule has 3 aromatic rings. The summed E-state index contributed by atoms with van der Waals surface area (Å²) >= 11 is 0. The van der Waals surface area contributed by atoms with Gasteiger partial charge < -0.3 is 20.1 Å². The van der Waals surface area contributed by atoms with Gasteiger partial charge in [0, 0.05) is 54.1 Å². The molecule has 1 aromatic carbocycles. The summed E-state index contributed by atoms with van der Waals surface area (Å²) in [5.74, 6) is 2.75. The molecule has 0 spiro atoms. The highest BCUT2D eigenvalue weighted by Crippen LogP contribution is 2.30. The molecule has 1 aliphatic heterocycles. The molecule has 0 amide bonds. The van der Waals surface area contributed by atoms with Gasteiger partial charge in [-0.15, -0.1) is 0 Å². The maximum absolute atomic E-state index is 6.19. The van der Waals surface area contributed by atoms with Crippen LogP contribution in [-0.2, 0) is 6.54 Å². The monoisotopic (exact) mass is 441 g/mol. The molecule has 3 heterocycles. The van der Waals surface area contributed by atoms with E-state index in [4.69, 9.17) is 9.47 Å². The van der Waals surface area contributed by atoms with E-state index in [2.05, 4.69) is 32.2 Å². The van der Waals surface area contributed by atoms with Crippen LogP contribution < -0.4 is 20.1 Å². The molecule has 1 unspecified atom stereocenters. The third kappa shape index (κ3) is 5.57. The molecule has 0 bridgehead atoms. The molecule has 1 aliphatic rings. The summed E-state index contributed by atoms with van der Waals surface area (Å²) < 4.78 is 11.3. The van der Waals surface area contributed by atoms with E-state index in [0.29, 0.717) is 24.0 Å². The second-order valence-electron chi connectivity index (χ2n) is 7.71. The number of nitrogens with zero attached hydrogens (tertiary/aromatic N) is 3. The maximum atomic E-state index is 6.19. The highest BCUT2D eigenvalue weighted by molar-refractivity contribution is 5.85. The largest absolute Gasteiger partial charge is 0.481 e.